The summed E-state index contributed by atoms with van der Waals surface area (Å²) < 4.78 is 0. The molecule has 0 aliphatic rings. The number of rotatable bonds is 3. The number of hydrogen-bond donors (Lipinski definition) is 1. The van der Waals surface area contributed by atoms with E-state index in [2.05, 4.69) is 4.98 Å². The fourth-order valence-electron chi connectivity index (χ4n) is 1.55. The lowest BCUT2D eigenvalue weighted by atomic mass is 10.1. The molecule has 72 valence electrons. The minimum Gasteiger partial charge on any atom is -0.360 e. The number of nitrogens with one attached hydrogen (secondary N) is 1. The molecule has 1 aromatic carbocycles. The van der Waals surface area contributed by atoms with Crippen molar-refractivity contribution < 1.29 is 4.79 Å². The maximum Gasteiger partial charge on any atom is 0.152 e. The smallest absolute Gasteiger partial charge is 0.152 e. The summed E-state index contributed by atoms with van der Waals surface area (Å²) in [4.78, 5) is 13.7. The van der Waals surface area contributed by atoms with Crippen molar-refractivity contribution in [2.75, 3.05) is 5.88 Å². The van der Waals surface area contributed by atoms with Crippen LogP contribution in [0, 0.1) is 0 Å². The van der Waals surface area contributed by atoms with Gasteiger partial charge in [-0.15, -0.1) is 11.6 Å². The van der Waals surface area contributed by atoms with Gasteiger partial charge in [-0.3, -0.25) is 4.79 Å². The molecule has 0 radical (unpaired) electrons. The van der Waals surface area contributed by atoms with Crippen LogP contribution >= 0.6 is 11.6 Å². The van der Waals surface area contributed by atoms with Gasteiger partial charge in [0.15, 0.2) is 6.29 Å². The molecule has 0 spiro atoms. The predicted molar refractivity (Wildman–Crippen MR) is 58.1 cm³/mol. The SMILES string of the molecule is O=Cc1c[nH]c2ccc(CCCl)cc12. The summed E-state index contributed by atoms with van der Waals surface area (Å²) in [5.74, 6) is 0.604. The summed E-state index contributed by atoms with van der Waals surface area (Å²) in [5, 5.41) is 0.975. The Morgan fingerprint density at radius 2 is 2.29 bits per heavy atom. The lowest BCUT2D eigenvalue weighted by Gasteiger charge is -1.98. The Hall–Kier alpha value is -1.28. The van der Waals surface area contributed by atoms with Crippen molar-refractivity contribution in [1.82, 2.24) is 4.98 Å². The van der Waals surface area contributed by atoms with Crippen LogP contribution in [-0.4, -0.2) is 17.2 Å². The molecule has 0 unspecified atom stereocenters. The fourth-order valence-corrected chi connectivity index (χ4v) is 1.77. The molecule has 2 nitrogen and oxygen atoms in total. The Labute approximate surface area is 86.9 Å². The summed E-state index contributed by atoms with van der Waals surface area (Å²) in [6.07, 6.45) is 3.42. The van der Waals surface area contributed by atoms with Crippen LogP contribution in [-0.2, 0) is 6.42 Å². The molecule has 2 rings (SSSR count). The first-order chi connectivity index (χ1) is 6.85. The third-order valence-electron chi connectivity index (χ3n) is 2.29. The van der Waals surface area contributed by atoms with Crippen LogP contribution in [0.4, 0.5) is 0 Å². The largest absolute Gasteiger partial charge is 0.360 e. The second-order valence-corrected chi connectivity index (χ2v) is 3.56. The number of fused-ring (bicyclic) bond motifs is 1. The van der Waals surface area contributed by atoms with Gasteiger partial charge in [-0.05, 0) is 24.1 Å². The maximum absolute atomic E-state index is 10.7. The minimum atomic E-state index is 0.604. The Balaban J connectivity index is 2.55. The molecule has 0 fully saturated rings. The molecule has 0 bridgehead atoms. The van der Waals surface area contributed by atoms with Crippen LogP contribution in [0.15, 0.2) is 24.4 Å². The summed E-state index contributed by atoms with van der Waals surface area (Å²) in [6, 6.07) is 6.01. The number of aromatic nitrogens is 1. The Morgan fingerprint density at radius 3 is 3.00 bits per heavy atom. The fraction of sp³-hybridized carbons (Fsp3) is 0.182. The Morgan fingerprint density at radius 1 is 1.43 bits per heavy atom. The number of alkyl halides is 1. The van der Waals surface area contributed by atoms with Crippen LogP contribution in [0.1, 0.15) is 15.9 Å². The number of aryl methyl sites for hydroxylation is 1. The van der Waals surface area contributed by atoms with Gasteiger partial charge >= 0.3 is 0 Å². The second kappa shape index (κ2) is 3.84. The van der Waals surface area contributed by atoms with Gasteiger partial charge in [-0.2, -0.15) is 0 Å². The van der Waals surface area contributed by atoms with E-state index in [0.717, 1.165) is 29.2 Å². The molecule has 0 amide bonds. The van der Waals surface area contributed by atoms with E-state index in [-0.39, 0.29) is 0 Å². The molecular formula is C11H10ClNO. The number of benzene rings is 1. The van der Waals surface area contributed by atoms with Crippen LogP contribution in [0.2, 0.25) is 0 Å². The van der Waals surface area contributed by atoms with Crippen molar-refractivity contribution in [3.05, 3.63) is 35.5 Å². The normalized spacial score (nSPS) is 10.6. The van der Waals surface area contributed by atoms with E-state index in [1.165, 1.54) is 0 Å². The average molecular weight is 208 g/mol. The lowest BCUT2D eigenvalue weighted by Crippen LogP contribution is -1.85. The summed E-state index contributed by atoms with van der Waals surface area (Å²) >= 11 is 5.66. The number of aldehydes is 1. The van der Waals surface area contributed by atoms with E-state index in [1.54, 1.807) is 6.20 Å². The molecular weight excluding hydrogens is 198 g/mol. The molecule has 2 aromatic rings. The lowest BCUT2D eigenvalue weighted by molar-refractivity contribution is 0.112. The van der Waals surface area contributed by atoms with Gasteiger partial charge in [-0.1, -0.05) is 6.07 Å². The van der Waals surface area contributed by atoms with Gasteiger partial charge in [0.1, 0.15) is 0 Å². The van der Waals surface area contributed by atoms with Gasteiger partial charge in [0.05, 0.1) is 0 Å². The first-order valence-electron chi connectivity index (χ1n) is 4.46. The molecule has 0 atom stereocenters. The van der Waals surface area contributed by atoms with E-state index in [0.29, 0.717) is 11.4 Å². The second-order valence-electron chi connectivity index (χ2n) is 3.18. The highest BCUT2D eigenvalue weighted by molar-refractivity contribution is 6.18. The summed E-state index contributed by atoms with van der Waals surface area (Å²) in [5.41, 5.74) is 2.86. The number of carbonyl (C=O) groups excluding carboxylic acids is 1. The van der Waals surface area contributed by atoms with Crippen molar-refractivity contribution in [3.63, 3.8) is 0 Å². The average Bonchev–Trinajstić information content (AvgIpc) is 2.60. The van der Waals surface area contributed by atoms with Gasteiger partial charge in [0, 0.05) is 28.5 Å². The zero-order chi connectivity index (χ0) is 9.97. The monoisotopic (exact) mass is 207 g/mol. The Bertz CT molecular complexity index is 461. The molecule has 0 aliphatic heterocycles. The maximum atomic E-state index is 10.7. The summed E-state index contributed by atoms with van der Waals surface area (Å²) in [7, 11) is 0. The number of halogens is 1. The van der Waals surface area contributed by atoms with Crippen molar-refractivity contribution in [1.29, 1.82) is 0 Å². The van der Waals surface area contributed by atoms with E-state index in [4.69, 9.17) is 11.6 Å². The summed E-state index contributed by atoms with van der Waals surface area (Å²) in [6.45, 7) is 0. The quantitative estimate of drug-likeness (QED) is 0.609. The predicted octanol–water partition coefficient (Wildman–Crippen LogP) is 2.76. The van der Waals surface area contributed by atoms with Crippen molar-refractivity contribution in [3.8, 4) is 0 Å². The molecule has 1 aromatic heterocycles. The highest BCUT2D eigenvalue weighted by Crippen LogP contribution is 2.18. The van der Waals surface area contributed by atoms with Crippen LogP contribution in [0.25, 0.3) is 10.9 Å². The third kappa shape index (κ3) is 1.53. The van der Waals surface area contributed by atoms with Gasteiger partial charge in [-0.25, -0.2) is 0 Å². The molecule has 14 heavy (non-hydrogen) atoms. The van der Waals surface area contributed by atoms with Crippen LogP contribution in [0.5, 0.6) is 0 Å². The van der Waals surface area contributed by atoms with Crippen molar-refractivity contribution in [2.45, 2.75) is 6.42 Å². The number of aromatic amines is 1. The van der Waals surface area contributed by atoms with Crippen molar-refractivity contribution in [2.24, 2.45) is 0 Å². The van der Waals surface area contributed by atoms with Crippen molar-refractivity contribution >= 4 is 28.8 Å². The highest BCUT2D eigenvalue weighted by atomic mass is 35.5. The topological polar surface area (TPSA) is 32.9 Å². The molecule has 0 saturated heterocycles. The zero-order valence-electron chi connectivity index (χ0n) is 7.59. The number of hydrogen-bond acceptors (Lipinski definition) is 1. The third-order valence-corrected chi connectivity index (χ3v) is 2.48. The van der Waals surface area contributed by atoms with E-state index in [1.807, 2.05) is 18.2 Å². The molecule has 0 aliphatic carbocycles. The zero-order valence-corrected chi connectivity index (χ0v) is 8.34. The van der Waals surface area contributed by atoms with Gasteiger partial charge < -0.3 is 4.98 Å². The minimum absolute atomic E-state index is 0.604. The Kier molecular flexibility index (Phi) is 2.55. The van der Waals surface area contributed by atoms with Crippen LogP contribution in [0.3, 0.4) is 0 Å². The van der Waals surface area contributed by atoms with E-state index < -0.39 is 0 Å². The number of H-pyrrole nitrogens is 1. The van der Waals surface area contributed by atoms with E-state index >= 15 is 0 Å². The highest BCUT2D eigenvalue weighted by Gasteiger charge is 2.02. The van der Waals surface area contributed by atoms with E-state index in [9.17, 15) is 4.79 Å². The molecule has 3 heteroatoms. The first-order valence-corrected chi connectivity index (χ1v) is 5.00. The van der Waals surface area contributed by atoms with Gasteiger partial charge in [0.2, 0.25) is 0 Å². The number of carbonyl (C=O) groups is 1. The molecule has 1 N–H and O–H groups in total. The molecule has 0 saturated carbocycles. The van der Waals surface area contributed by atoms with Gasteiger partial charge in [0.25, 0.3) is 0 Å². The molecule has 1 heterocycles. The van der Waals surface area contributed by atoms with Crippen LogP contribution < -0.4 is 0 Å². The first kappa shape index (κ1) is 9.28. The standard InChI is InChI=1S/C11H10ClNO/c12-4-3-8-1-2-11-10(5-8)9(7-14)6-13-11/h1-2,5-7,13H,3-4H2.